The molecule has 1 saturated carbocycles. The molecule has 1 atom stereocenters. The molecule has 0 saturated heterocycles. The molecule has 0 aliphatic heterocycles. The predicted molar refractivity (Wildman–Crippen MR) is 72.5 cm³/mol. The van der Waals surface area contributed by atoms with Crippen LogP contribution in [0, 0.1) is 13.8 Å². The van der Waals surface area contributed by atoms with Crippen molar-refractivity contribution in [3.63, 3.8) is 0 Å². The van der Waals surface area contributed by atoms with Crippen molar-refractivity contribution in [1.29, 1.82) is 0 Å². The number of quaternary nitrogens is 1. The second kappa shape index (κ2) is 5.53. The van der Waals surface area contributed by atoms with E-state index in [9.17, 15) is 4.79 Å². The van der Waals surface area contributed by atoms with Crippen LogP contribution in [0.25, 0.3) is 0 Å². The number of hydrogen-bond acceptors (Lipinski definition) is 1. The molecule has 98 valence electrons. The standard InChI is InChI=1S/C15H22N2O/c1-11-4-5-12(2)13(8-11)9-17(3)10-15(18)16-14-6-7-14/h4-5,8,14H,6-7,9-10H2,1-3H3,(H,16,18)/p+1. The smallest absolute Gasteiger partial charge is 0.275 e. The van der Waals surface area contributed by atoms with Crippen molar-refractivity contribution in [1.82, 2.24) is 5.32 Å². The van der Waals surface area contributed by atoms with Crippen LogP contribution in [0.1, 0.15) is 29.5 Å². The number of nitrogens with one attached hydrogen (secondary N) is 2. The first-order valence-corrected chi connectivity index (χ1v) is 6.71. The van der Waals surface area contributed by atoms with Crippen LogP contribution in [0.2, 0.25) is 0 Å². The van der Waals surface area contributed by atoms with E-state index in [0.717, 1.165) is 19.4 Å². The zero-order valence-corrected chi connectivity index (χ0v) is 11.5. The van der Waals surface area contributed by atoms with Crippen LogP contribution >= 0.6 is 0 Å². The molecule has 2 N–H and O–H groups in total. The average molecular weight is 247 g/mol. The van der Waals surface area contributed by atoms with E-state index < -0.39 is 0 Å². The summed E-state index contributed by atoms with van der Waals surface area (Å²) in [5.41, 5.74) is 3.93. The molecule has 3 nitrogen and oxygen atoms in total. The van der Waals surface area contributed by atoms with Gasteiger partial charge in [0.2, 0.25) is 0 Å². The Balaban J connectivity index is 1.87. The molecule has 1 aliphatic rings. The summed E-state index contributed by atoms with van der Waals surface area (Å²) in [6, 6.07) is 6.97. The summed E-state index contributed by atoms with van der Waals surface area (Å²) in [4.78, 5) is 13.0. The Kier molecular flexibility index (Phi) is 4.02. The largest absolute Gasteiger partial charge is 0.348 e. The van der Waals surface area contributed by atoms with E-state index >= 15 is 0 Å². The molecule has 1 aromatic rings. The van der Waals surface area contributed by atoms with E-state index in [4.69, 9.17) is 0 Å². The molecule has 2 rings (SSSR count). The molecule has 18 heavy (non-hydrogen) atoms. The highest BCUT2D eigenvalue weighted by atomic mass is 16.2. The Morgan fingerprint density at radius 3 is 2.78 bits per heavy atom. The lowest BCUT2D eigenvalue weighted by molar-refractivity contribution is -0.885. The summed E-state index contributed by atoms with van der Waals surface area (Å²) in [7, 11) is 2.08. The topological polar surface area (TPSA) is 33.5 Å². The number of carbonyl (C=O) groups is 1. The predicted octanol–water partition coefficient (Wildman–Crippen LogP) is 0.597. The van der Waals surface area contributed by atoms with Crippen LogP contribution in [0.15, 0.2) is 18.2 Å². The number of hydrogen-bond donors (Lipinski definition) is 2. The maximum atomic E-state index is 11.7. The van der Waals surface area contributed by atoms with Gasteiger partial charge in [0.15, 0.2) is 6.54 Å². The molecule has 0 aromatic heterocycles. The first kappa shape index (κ1) is 13.1. The van der Waals surface area contributed by atoms with Gasteiger partial charge in [-0.05, 0) is 32.3 Å². The first-order chi connectivity index (χ1) is 8.54. The van der Waals surface area contributed by atoms with Crippen molar-refractivity contribution in [3.8, 4) is 0 Å². The molecule has 1 aromatic carbocycles. The Labute approximate surface area is 109 Å². The van der Waals surface area contributed by atoms with Crippen LogP contribution in [0.4, 0.5) is 0 Å². The highest BCUT2D eigenvalue weighted by Crippen LogP contribution is 2.18. The fraction of sp³-hybridized carbons (Fsp3) is 0.533. The van der Waals surface area contributed by atoms with E-state index in [2.05, 4.69) is 44.4 Å². The summed E-state index contributed by atoms with van der Waals surface area (Å²) in [6.07, 6.45) is 2.31. The van der Waals surface area contributed by atoms with Crippen molar-refractivity contribution >= 4 is 5.91 Å². The summed E-state index contributed by atoms with van der Waals surface area (Å²) < 4.78 is 0. The van der Waals surface area contributed by atoms with Crippen molar-refractivity contribution in [3.05, 3.63) is 34.9 Å². The van der Waals surface area contributed by atoms with Gasteiger partial charge in [0.05, 0.1) is 7.05 Å². The lowest BCUT2D eigenvalue weighted by Crippen LogP contribution is -3.09. The molecular formula is C15H23N2O+. The number of aryl methyl sites for hydroxylation is 2. The highest BCUT2D eigenvalue weighted by Gasteiger charge is 2.24. The molecule has 0 radical (unpaired) electrons. The normalized spacial score (nSPS) is 16.4. The van der Waals surface area contributed by atoms with E-state index in [0.29, 0.717) is 12.6 Å². The number of likely N-dealkylation sites (N-methyl/N-ethyl adjacent to an activating group) is 1. The van der Waals surface area contributed by atoms with Gasteiger partial charge in [-0.3, -0.25) is 4.79 Å². The third-order valence-corrected chi connectivity index (χ3v) is 3.40. The van der Waals surface area contributed by atoms with Gasteiger partial charge in [0.1, 0.15) is 6.54 Å². The number of rotatable bonds is 5. The molecule has 0 bridgehead atoms. The van der Waals surface area contributed by atoms with E-state index in [1.165, 1.54) is 21.6 Å². The van der Waals surface area contributed by atoms with E-state index in [-0.39, 0.29) is 5.91 Å². The van der Waals surface area contributed by atoms with Crippen LogP contribution in [-0.2, 0) is 11.3 Å². The van der Waals surface area contributed by atoms with Crippen molar-refractivity contribution in [2.45, 2.75) is 39.3 Å². The highest BCUT2D eigenvalue weighted by molar-refractivity contribution is 5.77. The summed E-state index contributed by atoms with van der Waals surface area (Å²) in [5.74, 6) is 0.181. The molecule has 0 spiro atoms. The maximum Gasteiger partial charge on any atom is 0.275 e. The SMILES string of the molecule is Cc1ccc(C)c(C[NH+](C)CC(=O)NC2CC2)c1. The van der Waals surface area contributed by atoms with Crippen LogP contribution in [0.5, 0.6) is 0 Å². The third kappa shape index (κ3) is 3.84. The molecule has 1 aliphatic carbocycles. The molecule has 3 heteroatoms. The van der Waals surface area contributed by atoms with Crippen molar-refractivity contribution < 1.29 is 9.69 Å². The van der Waals surface area contributed by atoms with Gasteiger partial charge in [0, 0.05) is 11.6 Å². The van der Waals surface area contributed by atoms with Gasteiger partial charge in [0.25, 0.3) is 5.91 Å². The van der Waals surface area contributed by atoms with Gasteiger partial charge in [-0.15, -0.1) is 0 Å². The summed E-state index contributed by atoms with van der Waals surface area (Å²) in [6.45, 7) is 5.71. The number of amides is 1. The van der Waals surface area contributed by atoms with Crippen molar-refractivity contribution in [2.24, 2.45) is 0 Å². The first-order valence-electron chi connectivity index (χ1n) is 6.71. The average Bonchev–Trinajstić information content (AvgIpc) is 3.07. The fourth-order valence-electron chi connectivity index (χ4n) is 2.16. The monoisotopic (exact) mass is 247 g/mol. The van der Waals surface area contributed by atoms with Gasteiger partial charge in [-0.1, -0.05) is 23.8 Å². The van der Waals surface area contributed by atoms with Gasteiger partial charge in [-0.2, -0.15) is 0 Å². The zero-order valence-electron chi connectivity index (χ0n) is 11.5. The summed E-state index contributed by atoms with van der Waals surface area (Å²) >= 11 is 0. The van der Waals surface area contributed by atoms with Gasteiger partial charge < -0.3 is 10.2 Å². The Hall–Kier alpha value is -1.35. The minimum atomic E-state index is 0.181. The fourth-order valence-corrected chi connectivity index (χ4v) is 2.16. The van der Waals surface area contributed by atoms with E-state index in [1.807, 2.05) is 0 Å². The third-order valence-electron chi connectivity index (χ3n) is 3.40. The molecule has 1 fully saturated rings. The quantitative estimate of drug-likeness (QED) is 0.785. The Morgan fingerprint density at radius 1 is 1.39 bits per heavy atom. The maximum absolute atomic E-state index is 11.7. The molecule has 1 unspecified atom stereocenters. The van der Waals surface area contributed by atoms with Crippen LogP contribution in [-0.4, -0.2) is 25.5 Å². The lowest BCUT2D eigenvalue weighted by atomic mass is 10.1. The number of carbonyl (C=O) groups excluding carboxylic acids is 1. The molecular weight excluding hydrogens is 224 g/mol. The van der Waals surface area contributed by atoms with Crippen molar-refractivity contribution in [2.75, 3.05) is 13.6 Å². The summed E-state index contributed by atoms with van der Waals surface area (Å²) in [5, 5.41) is 3.04. The molecule has 0 heterocycles. The number of benzene rings is 1. The Morgan fingerprint density at radius 2 is 2.11 bits per heavy atom. The second-order valence-electron chi connectivity index (χ2n) is 5.58. The zero-order chi connectivity index (χ0) is 13.1. The lowest BCUT2D eigenvalue weighted by Gasteiger charge is -2.15. The van der Waals surface area contributed by atoms with Crippen LogP contribution in [0.3, 0.4) is 0 Å². The van der Waals surface area contributed by atoms with Gasteiger partial charge in [-0.25, -0.2) is 0 Å². The van der Waals surface area contributed by atoms with Gasteiger partial charge >= 0.3 is 0 Å². The second-order valence-corrected chi connectivity index (χ2v) is 5.58. The molecule has 1 amide bonds. The Bertz CT molecular complexity index is 438. The minimum Gasteiger partial charge on any atom is -0.348 e. The van der Waals surface area contributed by atoms with Crippen LogP contribution < -0.4 is 10.2 Å². The van der Waals surface area contributed by atoms with E-state index in [1.54, 1.807) is 0 Å². The minimum absolute atomic E-state index is 0.181.